The number of likely N-dealkylation sites (N-methyl/N-ethyl adjacent to an activating group) is 1. The number of rotatable bonds is 5. The third kappa shape index (κ3) is 3.85. The Kier molecular flexibility index (Phi) is 4.71. The van der Waals surface area contributed by atoms with E-state index in [0.29, 0.717) is 6.54 Å². The molecule has 0 unspecified atom stereocenters. The molecule has 0 aliphatic carbocycles. The number of hydrogen-bond donors (Lipinski definition) is 2. The number of ether oxygens (including phenoxy) is 1. The molecule has 8 heteroatoms. The number of anilines is 1. The van der Waals surface area contributed by atoms with Crippen LogP contribution in [0.3, 0.4) is 0 Å². The van der Waals surface area contributed by atoms with Crippen molar-refractivity contribution < 1.29 is 9.53 Å². The largest absolute Gasteiger partial charge is 0.467 e. The summed E-state index contributed by atoms with van der Waals surface area (Å²) in [6.07, 6.45) is 0. The smallest absolute Gasteiger partial charge is 0.322 e. The van der Waals surface area contributed by atoms with Crippen LogP contribution in [-0.4, -0.2) is 41.1 Å². The average Bonchev–Trinajstić information content (AvgIpc) is 2.26. The fourth-order valence-corrected chi connectivity index (χ4v) is 1.07. The fourth-order valence-electron chi connectivity index (χ4n) is 0.921. The number of amides is 1. The van der Waals surface area contributed by atoms with Crippen molar-refractivity contribution in [1.29, 1.82) is 0 Å². The second-order valence-electron chi connectivity index (χ2n) is 2.72. The first-order valence-corrected chi connectivity index (χ1v) is 4.99. The lowest BCUT2D eigenvalue weighted by molar-refractivity contribution is -0.119. The minimum Gasteiger partial charge on any atom is -0.467 e. The predicted molar refractivity (Wildman–Crippen MR) is 58.6 cm³/mol. The standard InChI is InChI=1S/C8H12ClN5O2/c1-3-10-5(15)4-11-7-12-6(9)13-8(14-7)16-2/h3-4H2,1-2H3,(H,10,15)(H,11,12,13,14). The molecule has 0 saturated heterocycles. The maximum Gasteiger partial charge on any atom is 0.322 e. The van der Waals surface area contributed by atoms with Crippen molar-refractivity contribution in [1.82, 2.24) is 20.3 Å². The lowest BCUT2D eigenvalue weighted by Crippen LogP contribution is -2.29. The van der Waals surface area contributed by atoms with Gasteiger partial charge in [-0.15, -0.1) is 0 Å². The van der Waals surface area contributed by atoms with Gasteiger partial charge in [0.1, 0.15) is 0 Å². The highest BCUT2D eigenvalue weighted by atomic mass is 35.5. The molecule has 0 fully saturated rings. The van der Waals surface area contributed by atoms with Crippen LogP contribution < -0.4 is 15.4 Å². The van der Waals surface area contributed by atoms with E-state index in [2.05, 4.69) is 25.6 Å². The van der Waals surface area contributed by atoms with Crippen molar-refractivity contribution in [3.8, 4) is 6.01 Å². The fraction of sp³-hybridized carbons (Fsp3) is 0.500. The summed E-state index contributed by atoms with van der Waals surface area (Å²) in [5.74, 6) is 0.0427. The van der Waals surface area contributed by atoms with Gasteiger partial charge in [0.2, 0.25) is 17.1 Å². The number of methoxy groups -OCH3 is 1. The predicted octanol–water partition coefficient (Wildman–Crippen LogP) is 0.0816. The molecule has 88 valence electrons. The molecule has 1 rings (SSSR count). The summed E-state index contributed by atoms with van der Waals surface area (Å²) in [7, 11) is 1.42. The number of carbonyl (C=O) groups excluding carboxylic acids is 1. The first-order chi connectivity index (χ1) is 7.65. The monoisotopic (exact) mass is 245 g/mol. The first kappa shape index (κ1) is 12.4. The molecule has 0 spiro atoms. The molecule has 0 atom stereocenters. The van der Waals surface area contributed by atoms with E-state index in [0.717, 1.165) is 0 Å². The van der Waals surface area contributed by atoms with Crippen LogP contribution in [0.4, 0.5) is 5.95 Å². The van der Waals surface area contributed by atoms with Crippen LogP contribution in [-0.2, 0) is 4.79 Å². The molecule has 0 aromatic carbocycles. The Labute approximate surface area is 97.6 Å². The molecule has 1 aromatic rings. The third-order valence-corrected chi connectivity index (χ3v) is 1.72. The molecule has 0 saturated carbocycles. The van der Waals surface area contributed by atoms with Crippen LogP contribution in [0.5, 0.6) is 6.01 Å². The van der Waals surface area contributed by atoms with Crippen molar-refractivity contribution in [3.63, 3.8) is 0 Å². The lowest BCUT2D eigenvalue weighted by atomic mass is 10.5. The molecule has 1 heterocycles. The Balaban J connectivity index is 2.59. The molecule has 1 amide bonds. The third-order valence-electron chi connectivity index (χ3n) is 1.55. The van der Waals surface area contributed by atoms with Crippen LogP contribution >= 0.6 is 11.6 Å². The Bertz CT molecular complexity index is 373. The molecule has 0 aliphatic rings. The van der Waals surface area contributed by atoms with E-state index in [1.165, 1.54) is 7.11 Å². The zero-order chi connectivity index (χ0) is 12.0. The van der Waals surface area contributed by atoms with E-state index in [4.69, 9.17) is 16.3 Å². The highest BCUT2D eigenvalue weighted by Gasteiger charge is 2.06. The number of hydrogen-bond acceptors (Lipinski definition) is 6. The van der Waals surface area contributed by atoms with Crippen molar-refractivity contribution in [2.75, 3.05) is 25.5 Å². The van der Waals surface area contributed by atoms with Crippen molar-refractivity contribution in [3.05, 3.63) is 5.28 Å². The van der Waals surface area contributed by atoms with Crippen molar-refractivity contribution >= 4 is 23.5 Å². The summed E-state index contributed by atoms with van der Waals surface area (Å²) in [6, 6.07) is 0.0957. The minimum atomic E-state index is -0.155. The quantitative estimate of drug-likeness (QED) is 0.764. The highest BCUT2D eigenvalue weighted by molar-refractivity contribution is 6.28. The maximum atomic E-state index is 11.1. The van der Waals surface area contributed by atoms with Gasteiger partial charge >= 0.3 is 6.01 Å². The Morgan fingerprint density at radius 1 is 1.44 bits per heavy atom. The lowest BCUT2D eigenvalue weighted by Gasteiger charge is -2.05. The summed E-state index contributed by atoms with van der Waals surface area (Å²) >= 11 is 5.62. The Hall–Kier alpha value is -1.63. The number of nitrogens with one attached hydrogen (secondary N) is 2. The first-order valence-electron chi connectivity index (χ1n) is 4.61. The average molecular weight is 246 g/mol. The van der Waals surface area contributed by atoms with Gasteiger partial charge in [-0.25, -0.2) is 0 Å². The Morgan fingerprint density at radius 3 is 2.81 bits per heavy atom. The summed E-state index contributed by atoms with van der Waals surface area (Å²) in [4.78, 5) is 22.5. The van der Waals surface area contributed by atoms with Crippen LogP contribution in [0.25, 0.3) is 0 Å². The van der Waals surface area contributed by atoms with Crippen molar-refractivity contribution in [2.24, 2.45) is 0 Å². The van der Waals surface area contributed by atoms with Gasteiger partial charge in [0.25, 0.3) is 0 Å². The van der Waals surface area contributed by atoms with Gasteiger partial charge in [0.05, 0.1) is 13.7 Å². The zero-order valence-electron chi connectivity index (χ0n) is 8.95. The van der Waals surface area contributed by atoms with Gasteiger partial charge in [-0.1, -0.05) is 0 Å². The molecular weight excluding hydrogens is 234 g/mol. The number of halogens is 1. The van der Waals surface area contributed by atoms with Crippen LogP contribution in [0.1, 0.15) is 6.92 Å². The topological polar surface area (TPSA) is 89.0 Å². The van der Waals surface area contributed by atoms with E-state index >= 15 is 0 Å². The van der Waals surface area contributed by atoms with E-state index < -0.39 is 0 Å². The number of aromatic nitrogens is 3. The second-order valence-corrected chi connectivity index (χ2v) is 3.06. The number of nitrogens with zero attached hydrogens (tertiary/aromatic N) is 3. The molecule has 2 N–H and O–H groups in total. The van der Waals surface area contributed by atoms with Gasteiger partial charge in [-0.2, -0.15) is 15.0 Å². The highest BCUT2D eigenvalue weighted by Crippen LogP contribution is 2.10. The molecule has 0 radical (unpaired) electrons. The van der Waals surface area contributed by atoms with Gasteiger partial charge < -0.3 is 15.4 Å². The molecule has 0 bridgehead atoms. The summed E-state index contributed by atoms with van der Waals surface area (Å²) < 4.78 is 4.80. The van der Waals surface area contributed by atoms with E-state index in [1.54, 1.807) is 0 Å². The maximum absolute atomic E-state index is 11.1. The molecule has 1 aromatic heterocycles. The normalized spacial score (nSPS) is 9.69. The minimum absolute atomic E-state index is 0.00486. The molecule has 16 heavy (non-hydrogen) atoms. The number of carbonyl (C=O) groups is 1. The van der Waals surface area contributed by atoms with E-state index in [9.17, 15) is 4.79 Å². The van der Waals surface area contributed by atoms with Crippen LogP contribution in [0, 0.1) is 0 Å². The Morgan fingerprint density at radius 2 is 2.19 bits per heavy atom. The van der Waals surface area contributed by atoms with Crippen LogP contribution in [0.2, 0.25) is 5.28 Å². The second kappa shape index (κ2) is 6.06. The SMILES string of the molecule is CCNC(=O)CNc1nc(Cl)nc(OC)n1. The summed E-state index contributed by atoms with van der Waals surface area (Å²) in [5.41, 5.74) is 0. The van der Waals surface area contributed by atoms with Gasteiger partial charge in [0.15, 0.2) is 0 Å². The van der Waals surface area contributed by atoms with E-state index in [1.807, 2.05) is 6.92 Å². The zero-order valence-corrected chi connectivity index (χ0v) is 9.71. The summed E-state index contributed by atoms with van der Waals surface area (Å²) in [5, 5.41) is 5.33. The van der Waals surface area contributed by atoms with Gasteiger partial charge in [0, 0.05) is 6.54 Å². The molecule has 7 nitrogen and oxygen atoms in total. The van der Waals surface area contributed by atoms with Gasteiger partial charge in [-0.05, 0) is 18.5 Å². The van der Waals surface area contributed by atoms with Gasteiger partial charge in [-0.3, -0.25) is 4.79 Å². The molecular formula is C8H12ClN5O2. The van der Waals surface area contributed by atoms with Crippen molar-refractivity contribution in [2.45, 2.75) is 6.92 Å². The molecule has 0 aliphatic heterocycles. The summed E-state index contributed by atoms with van der Waals surface area (Å²) in [6.45, 7) is 2.47. The van der Waals surface area contributed by atoms with Crippen LogP contribution in [0.15, 0.2) is 0 Å². The van der Waals surface area contributed by atoms with E-state index in [-0.39, 0.29) is 29.7 Å².